The van der Waals surface area contributed by atoms with E-state index in [1.807, 2.05) is 24.3 Å². The molecule has 0 spiro atoms. The minimum Gasteiger partial charge on any atom is -0.486 e. The quantitative estimate of drug-likeness (QED) is 0.200. The molecule has 0 aliphatic carbocycles. The van der Waals surface area contributed by atoms with Crippen LogP contribution in [0.3, 0.4) is 0 Å². The van der Waals surface area contributed by atoms with Crippen LogP contribution in [0.25, 0.3) is 6.08 Å². The lowest BCUT2D eigenvalue weighted by Crippen LogP contribution is -2.35. The average Bonchev–Trinajstić information content (AvgIpc) is 2.95. The van der Waals surface area contributed by atoms with E-state index < -0.39 is 23.7 Å². The maximum absolute atomic E-state index is 12.6. The van der Waals surface area contributed by atoms with Crippen molar-refractivity contribution in [2.75, 3.05) is 6.54 Å². The molecule has 1 fully saturated rings. The summed E-state index contributed by atoms with van der Waals surface area (Å²) in [5.41, 5.74) is 1.61. The minimum absolute atomic E-state index is 0.197. The number of carbonyl (C=O) groups excluding carboxylic acids is 3. The fourth-order valence-electron chi connectivity index (χ4n) is 2.75. The summed E-state index contributed by atoms with van der Waals surface area (Å²) in [5.74, 6) is -0.706. The van der Waals surface area contributed by atoms with E-state index >= 15 is 0 Å². The van der Waals surface area contributed by atoms with Gasteiger partial charge in [0.25, 0.3) is 11.1 Å². The van der Waals surface area contributed by atoms with Crippen LogP contribution in [0.15, 0.2) is 45.8 Å². The molecule has 2 amide bonds. The molecule has 168 valence electrons. The molecule has 0 N–H and O–H groups in total. The second-order valence-corrected chi connectivity index (χ2v) is 10.5. The Morgan fingerprint density at radius 2 is 1.94 bits per heavy atom. The highest BCUT2D eigenvalue weighted by atomic mass is 127. The molecule has 0 atom stereocenters. The molecule has 1 saturated heterocycles. The van der Waals surface area contributed by atoms with Crippen LogP contribution in [0.5, 0.6) is 5.75 Å². The second kappa shape index (κ2) is 11.0. The number of imide groups is 1. The molecule has 0 aromatic heterocycles. The van der Waals surface area contributed by atoms with E-state index in [0.29, 0.717) is 27.4 Å². The van der Waals surface area contributed by atoms with Crippen molar-refractivity contribution in [3.05, 3.63) is 65.5 Å². The van der Waals surface area contributed by atoms with E-state index in [2.05, 4.69) is 38.5 Å². The van der Waals surface area contributed by atoms with Gasteiger partial charge in [-0.2, -0.15) is 0 Å². The number of hydrogen-bond donors (Lipinski definition) is 0. The van der Waals surface area contributed by atoms with Gasteiger partial charge >= 0.3 is 5.97 Å². The fourth-order valence-corrected chi connectivity index (χ4v) is 4.94. The number of rotatable bonds is 7. The predicted molar refractivity (Wildman–Crippen MR) is 137 cm³/mol. The number of hydrogen-bond acceptors (Lipinski definition) is 6. The van der Waals surface area contributed by atoms with Gasteiger partial charge in [0.05, 0.1) is 20.5 Å². The predicted octanol–water partition coefficient (Wildman–Crippen LogP) is 6.27. The first kappa shape index (κ1) is 25.1. The van der Waals surface area contributed by atoms with Crippen LogP contribution in [0.2, 0.25) is 5.02 Å². The third-order valence-corrected chi connectivity index (χ3v) is 6.64. The number of thioether (sulfide) groups is 1. The van der Waals surface area contributed by atoms with Crippen LogP contribution >= 0.6 is 61.9 Å². The van der Waals surface area contributed by atoms with Crippen LogP contribution in [0, 0.1) is 3.57 Å². The Kier molecular flexibility index (Phi) is 8.65. The summed E-state index contributed by atoms with van der Waals surface area (Å²) in [6, 6.07) is 11.3. The van der Waals surface area contributed by atoms with Gasteiger partial charge in [-0.3, -0.25) is 19.3 Å². The van der Waals surface area contributed by atoms with Gasteiger partial charge in [0.1, 0.15) is 13.2 Å². The molecule has 0 unspecified atom stereocenters. The van der Waals surface area contributed by atoms with E-state index in [0.717, 1.165) is 25.8 Å². The van der Waals surface area contributed by atoms with Crippen molar-refractivity contribution >= 4 is 85.1 Å². The Labute approximate surface area is 216 Å². The van der Waals surface area contributed by atoms with Crippen molar-refractivity contribution < 1.29 is 23.9 Å². The molecule has 1 aliphatic rings. The topological polar surface area (TPSA) is 72.9 Å². The van der Waals surface area contributed by atoms with Crippen molar-refractivity contribution in [2.24, 2.45) is 0 Å². The van der Waals surface area contributed by atoms with E-state index in [9.17, 15) is 14.4 Å². The number of benzene rings is 2. The van der Waals surface area contributed by atoms with Gasteiger partial charge in [-0.05, 0) is 106 Å². The van der Waals surface area contributed by atoms with E-state index in [-0.39, 0.29) is 11.0 Å². The molecule has 1 heterocycles. The Morgan fingerprint density at radius 3 is 2.56 bits per heavy atom. The number of amides is 2. The summed E-state index contributed by atoms with van der Waals surface area (Å²) in [7, 11) is 0. The standard InChI is InChI=1S/C22H18BrClINO5S/c1-12(2)31-19(27)10-26-21(28)18(32-22(26)29)9-14-7-16(23)20(17(24)8-14)30-11-13-3-5-15(25)6-4-13/h3-9,12H,10-11H2,1-2H3/b18-9+. The summed E-state index contributed by atoms with van der Waals surface area (Å²) in [6.07, 6.45) is 1.22. The Balaban J connectivity index is 1.73. The van der Waals surface area contributed by atoms with Crippen molar-refractivity contribution in [1.82, 2.24) is 4.90 Å². The van der Waals surface area contributed by atoms with E-state index in [1.165, 1.54) is 0 Å². The first-order valence-electron chi connectivity index (χ1n) is 9.45. The maximum Gasteiger partial charge on any atom is 0.326 e. The van der Waals surface area contributed by atoms with Crippen molar-refractivity contribution in [2.45, 2.75) is 26.6 Å². The van der Waals surface area contributed by atoms with E-state index in [4.69, 9.17) is 21.1 Å². The summed E-state index contributed by atoms with van der Waals surface area (Å²) < 4.78 is 12.6. The molecule has 0 radical (unpaired) electrons. The molecular weight excluding hydrogens is 633 g/mol. The highest BCUT2D eigenvalue weighted by Crippen LogP contribution is 2.38. The maximum atomic E-state index is 12.6. The van der Waals surface area contributed by atoms with Gasteiger partial charge in [-0.15, -0.1) is 0 Å². The van der Waals surface area contributed by atoms with Crippen LogP contribution in [-0.4, -0.2) is 34.7 Å². The number of halogens is 3. The lowest BCUT2D eigenvalue weighted by atomic mass is 10.2. The van der Waals surface area contributed by atoms with Crippen molar-refractivity contribution in [3.63, 3.8) is 0 Å². The van der Waals surface area contributed by atoms with Gasteiger partial charge in [-0.1, -0.05) is 23.7 Å². The van der Waals surface area contributed by atoms with E-state index in [1.54, 1.807) is 32.1 Å². The lowest BCUT2D eigenvalue weighted by molar-refractivity contribution is -0.149. The molecule has 32 heavy (non-hydrogen) atoms. The number of ether oxygens (including phenoxy) is 2. The summed E-state index contributed by atoms with van der Waals surface area (Å²) in [5, 5.41) is -0.166. The normalized spacial score (nSPS) is 15.1. The zero-order valence-corrected chi connectivity index (χ0v) is 22.4. The number of nitrogens with zero attached hydrogens (tertiary/aromatic N) is 1. The number of carbonyl (C=O) groups is 3. The largest absolute Gasteiger partial charge is 0.486 e. The first-order valence-corrected chi connectivity index (χ1v) is 12.5. The lowest BCUT2D eigenvalue weighted by Gasteiger charge is -2.13. The van der Waals surface area contributed by atoms with Gasteiger partial charge in [0.15, 0.2) is 5.75 Å². The minimum atomic E-state index is -0.635. The third-order valence-electron chi connectivity index (χ3n) is 4.14. The highest BCUT2D eigenvalue weighted by Gasteiger charge is 2.36. The summed E-state index contributed by atoms with van der Waals surface area (Å²) in [4.78, 5) is 37.7. The average molecular weight is 651 g/mol. The fraction of sp³-hybridized carbons (Fsp3) is 0.227. The molecule has 0 bridgehead atoms. The van der Waals surface area contributed by atoms with Gasteiger partial charge < -0.3 is 9.47 Å². The van der Waals surface area contributed by atoms with Crippen LogP contribution < -0.4 is 4.74 Å². The molecular formula is C22H18BrClINO5S. The van der Waals surface area contributed by atoms with Crippen LogP contribution in [0.1, 0.15) is 25.0 Å². The highest BCUT2D eigenvalue weighted by molar-refractivity contribution is 14.1. The molecule has 1 aliphatic heterocycles. The zero-order chi connectivity index (χ0) is 23.4. The van der Waals surface area contributed by atoms with Gasteiger partial charge in [0, 0.05) is 3.57 Å². The molecule has 6 nitrogen and oxygen atoms in total. The second-order valence-electron chi connectivity index (χ2n) is 7.04. The number of esters is 1. The van der Waals surface area contributed by atoms with Crippen LogP contribution in [-0.2, 0) is 20.9 Å². The third kappa shape index (κ3) is 6.49. The molecule has 10 heteroatoms. The summed E-state index contributed by atoms with van der Waals surface area (Å²) >= 11 is 12.9. The molecule has 0 saturated carbocycles. The van der Waals surface area contributed by atoms with Crippen LogP contribution in [0.4, 0.5) is 4.79 Å². The van der Waals surface area contributed by atoms with Gasteiger partial charge in [0.2, 0.25) is 0 Å². The first-order chi connectivity index (χ1) is 15.1. The molecule has 2 aromatic carbocycles. The summed E-state index contributed by atoms with van der Waals surface area (Å²) in [6.45, 7) is 3.32. The Morgan fingerprint density at radius 1 is 1.25 bits per heavy atom. The smallest absolute Gasteiger partial charge is 0.326 e. The SMILES string of the molecule is CC(C)OC(=O)CN1C(=O)S/C(=C/c2cc(Cl)c(OCc3ccc(I)cc3)c(Br)c2)C1=O. The molecule has 3 rings (SSSR count). The zero-order valence-electron chi connectivity index (χ0n) is 17.1. The van der Waals surface area contributed by atoms with Crippen molar-refractivity contribution in [1.29, 1.82) is 0 Å². The molecule has 2 aromatic rings. The Bertz CT molecular complexity index is 1070. The van der Waals surface area contributed by atoms with Gasteiger partial charge in [-0.25, -0.2) is 0 Å². The van der Waals surface area contributed by atoms with Crippen molar-refractivity contribution in [3.8, 4) is 5.75 Å². The monoisotopic (exact) mass is 649 g/mol. The Hall–Kier alpha value is -1.56.